The Morgan fingerprint density at radius 1 is 1.00 bits per heavy atom. The highest BCUT2D eigenvalue weighted by Crippen LogP contribution is 2.37. The lowest BCUT2D eigenvalue weighted by Gasteiger charge is -2.37. The molecule has 1 saturated carbocycles. The van der Waals surface area contributed by atoms with Gasteiger partial charge < -0.3 is 30.6 Å². The van der Waals surface area contributed by atoms with Gasteiger partial charge in [0.2, 0.25) is 13.9 Å². The maximum absolute atomic E-state index is 14.2. The van der Waals surface area contributed by atoms with Gasteiger partial charge >= 0.3 is 6.03 Å². The number of ketones is 1. The van der Waals surface area contributed by atoms with Crippen molar-refractivity contribution in [2.24, 2.45) is 5.41 Å². The maximum Gasteiger partial charge on any atom is 0.316 e. The van der Waals surface area contributed by atoms with Crippen molar-refractivity contribution in [1.29, 1.82) is 0 Å². The first kappa shape index (κ1) is 31.2. The average molecular weight is 597 g/mol. The molecule has 2 aromatic carbocycles. The zero-order valence-electron chi connectivity index (χ0n) is 25.7. The number of urea groups is 1. The van der Waals surface area contributed by atoms with Gasteiger partial charge in [-0.25, -0.2) is 4.79 Å². The van der Waals surface area contributed by atoms with Crippen LogP contribution < -0.4 is 25.7 Å². The Labute approximate surface area is 259 Å². The third-order valence-electron chi connectivity index (χ3n) is 8.75. The van der Waals surface area contributed by atoms with E-state index in [1.54, 1.807) is 6.20 Å². The first-order chi connectivity index (χ1) is 21.1. The summed E-state index contributed by atoms with van der Waals surface area (Å²) in [7, 11) is 5.49. The molecule has 0 saturated heterocycles. The minimum absolute atomic E-state index is 0.0895. The number of carbonyl (C=O) groups excluding carboxylic acids is 4. The highest BCUT2D eigenvalue weighted by atomic mass is 16.2. The van der Waals surface area contributed by atoms with E-state index in [1.807, 2.05) is 69.3 Å². The van der Waals surface area contributed by atoms with Crippen molar-refractivity contribution < 1.29 is 19.2 Å². The molecule has 4 amide bonds. The number of nitrogens with zero attached hydrogens (tertiary/aromatic N) is 2. The predicted molar refractivity (Wildman–Crippen MR) is 173 cm³/mol. The molecule has 3 aromatic rings. The number of anilines is 2. The molecule has 1 aliphatic carbocycles. The predicted octanol–water partition coefficient (Wildman–Crippen LogP) is 3.75. The van der Waals surface area contributed by atoms with Gasteiger partial charge in [0.15, 0.2) is 5.78 Å². The molecule has 0 bridgehead atoms. The number of aromatic nitrogens is 1. The van der Waals surface area contributed by atoms with Crippen LogP contribution in [0.15, 0.2) is 54.7 Å². The number of carbonyl (C=O) groups is 4. The minimum Gasteiger partial charge on any atom is -0.407 e. The molecule has 1 unspecified atom stereocenters. The first-order valence-electron chi connectivity index (χ1n) is 15.4. The van der Waals surface area contributed by atoms with Gasteiger partial charge in [-0.05, 0) is 36.6 Å². The number of fused-ring (bicyclic) bond motifs is 2. The Morgan fingerprint density at radius 2 is 1.68 bits per heavy atom. The van der Waals surface area contributed by atoms with Crippen LogP contribution in [-0.4, -0.2) is 67.8 Å². The van der Waals surface area contributed by atoms with Gasteiger partial charge in [-0.2, -0.15) is 0 Å². The van der Waals surface area contributed by atoms with Crippen LogP contribution >= 0.6 is 0 Å². The second kappa shape index (κ2) is 13.2. The molecule has 10 nitrogen and oxygen atoms in total. The molecule has 2 aliphatic rings. The van der Waals surface area contributed by atoms with Crippen LogP contribution in [0.1, 0.15) is 58.4 Å². The van der Waals surface area contributed by atoms with Crippen molar-refractivity contribution in [3.8, 4) is 0 Å². The Hall–Kier alpha value is -4.28. The van der Waals surface area contributed by atoms with Crippen LogP contribution in [0.5, 0.6) is 0 Å². The van der Waals surface area contributed by atoms with E-state index in [1.165, 1.54) is 11.3 Å². The number of rotatable bonds is 8. The molecule has 11 heteroatoms. The minimum atomic E-state index is -0.995. The molecule has 2 atom stereocenters. The monoisotopic (exact) mass is 596 g/mol. The first-order valence-corrected chi connectivity index (χ1v) is 15.4. The smallest absolute Gasteiger partial charge is 0.316 e. The van der Waals surface area contributed by atoms with Crippen molar-refractivity contribution in [3.63, 3.8) is 0 Å². The zero-order valence-corrected chi connectivity index (χ0v) is 25.7. The summed E-state index contributed by atoms with van der Waals surface area (Å²) in [6.45, 7) is 5.62. The standard InChI is InChI=1S/C33H41BN6O4/c1-33(2,3)29(41)20-40-28-16-10-9-15-27(28)39(22-11-5-4-6-12-22)19-26(31(40)43)37-32(44)36-25(30(42)38-34)17-21-18-35-24-14-8-7-13-23(21)24/h7-10,13-16,18,22,25-26,35H,4-6,11-12,17,19-20H2,1-3H3,(H,38,42)(H2,36,37,44)/t25?,26-/m1/s1. The molecular formula is C33H41BN6O4. The van der Waals surface area contributed by atoms with Crippen molar-refractivity contribution in [2.45, 2.75) is 77.4 Å². The summed E-state index contributed by atoms with van der Waals surface area (Å²) >= 11 is 0. The van der Waals surface area contributed by atoms with Gasteiger partial charge in [-0.15, -0.1) is 0 Å². The second-order valence-electron chi connectivity index (χ2n) is 12.8. The second-order valence-corrected chi connectivity index (χ2v) is 12.8. The molecule has 2 heterocycles. The molecule has 0 spiro atoms. The van der Waals surface area contributed by atoms with Crippen LogP contribution in [0.25, 0.3) is 10.9 Å². The quantitative estimate of drug-likeness (QED) is 0.295. The van der Waals surface area contributed by atoms with Crippen molar-refractivity contribution >= 4 is 53.9 Å². The number of Topliss-reactive ketones (excluding diaryl/α,β-unsaturated/α-hetero) is 1. The normalized spacial score (nSPS) is 18.3. The maximum atomic E-state index is 14.2. The number of amides is 4. The highest BCUT2D eigenvalue weighted by molar-refractivity contribution is 6.15. The van der Waals surface area contributed by atoms with Crippen molar-refractivity contribution in [2.75, 3.05) is 22.9 Å². The summed E-state index contributed by atoms with van der Waals surface area (Å²) < 4.78 is 0. The largest absolute Gasteiger partial charge is 0.407 e. The van der Waals surface area contributed by atoms with Crippen LogP contribution in [0.3, 0.4) is 0 Å². The van der Waals surface area contributed by atoms with E-state index in [0.717, 1.165) is 47.8 Å². The molecule has 4 N–H and O–H groups in total. The number of hydrogen-bond donors (Lipinski definition) is 4. The van der Waals surface area contributed by atoms with Crippen LogP contribution in [0.4, 0.5) is 16.2 Å². The molecule has 2 radical (unpaired) electrons. The molecular weight excluding hydrogens is 555 g/mol. The van der Waals surface area contributed by atoms with Crippen LogP contribution in [0, 0.1) is 5.41 Å². The summed E-state index contributed by atoms with van der Waals surface area (Å²) in [5.41, 5.74) is 2.63. The molecule has 1 aromatic heterocycles. The fraction of sp³-hybridized carbons (Fsp3) is 0.455. The van der Waals surface area contributed by atoms with Gasteiger partial charge in [-0.1, -0.05) is 70.4 Å². The number of para-hydroxylation sites is 3. The molecule has 1 fully saturated rings. The highest BCUT2D eigenvalue weighted by Gasteiger charge is 2.39. The number of H-pyrrole nitrogens is 1. The van der Waals surface area contributed by atoms with Gasteiger partial charge in [0.1, 0.15) is 12.1 Å². The van der Waals surface area contributed by atoms with E-state index in [-0.39, 0.29) is 37.2 Å². The molecule has 230 valence electrons. The average Bonchev–Trinajstić information content (AvgIpc) is 3.38. The Kier molecular flexibility index (Phi) is 9.32. The number of nitrogens with one attached hydrogen (secondary N) is 4. The van der Waals surface area contributed by atoms with Gasteiger partial charge in [0.05, 0.1) is 17.9 Å². The van der Waals surface area contributed by atoms with Gasteiger partial charge in [0, 0.05) is 41.5 Å². The fourth-order valence-corrected chi connectivity index (χ4v) is 6.19. The number of hydrogen-bond acceptors (Lipinski definition) is 5. The van der Waals surface area contributed by atoms with E-state index in [2.05, 4.69) is 25.7 Å². The zero-order chi connectivity index (χ0) is 31.4. The van der Waals surface area contributed by atoms with Crippen LogP contribution in [-0.2, 0) is 20.8 Å². The third kappa shape index (κ3) is 6.76. The van der Waals surface area contributed by atoms with E-state index in [0.29, 0.717) is 5.69 Å². The van der Waals surface area contributed by atoms with E-state index >= 15 is 0 Å². The lowest BCUT2D eigenvalue weighted by Crippen LogP contribution is -2.59. The van der Waals surface area contributed by atoms with Crippen molar-refractivity contribution in [1.82, 2.24) is 20.8 Å². The van der Waals surface area contributed by atoms with E-state index < -0.39 is 29.4 Å². The summed E-state index contributed by atoms with van der Waals surface area (Å²) in [5.74, 6) is -1.03. The Balaban J connectivity index is 1.42. The number of aromatic amines is 1. The topological polar surface area (TPSA) is 127 Å². The van der Waals surface area contributed by atoms with Gasteiger partial charge in [-0.3, -0.25) is 14.4 Å². The number of benzene rings is 2. The van der Waals surface area contributed by atoms with Crippen LogP contribution in [0.2, 0.25) is 0 Å². The Morgan fingerprint density at radius 3 is 2.39 bits per heavy atom. The van der Waals surface area contributed by atoms with Crippen molar-refractivity contribution in [3.05, 3.63) is 60.3 Å². The SMILES string of the molecule is [B]NC(=O)C(Cc1c[nH]c2ccccc12)NC(=O)N[C@@H]1CN(C2CCCCC2)c2ccccc2N(CC(=O)C(C)(C)C)C1=O. The summed E-state index contributed by atoms with van der Waals surface area (Å²) in [4.78, 5) is 60.7. The molecule has 5 rings (SSSR count). The lowest BCUT2D eigenvalue weighted by atomic mass is 9.90. The summed E-state index contributed by atoms with van der Waals surface area (Å²) in [6.07, 6.45) is 7.29. The molecule has 1 aliphatic heterocycles. The van der Waals surface area contributed by atoms with E-state index in [4.69, 9.17) is 7.98 Å². The summed E-state index contributed by atoms with van der Waals surface area (Å²) in [6, 6.07) is 12.9. The fourth-order valence-electron chi connectivity index (χ4n) is 6.19. The molecule has 44 heavy (non-hydrogen) atoms. The Bertz CT molecular complexity index is 1530. The van der Waals surface area contributed by atoms with Gasteiger partial charge in [0.25, 0.3) is 5.91 Å². The summed E-state index contributed by atoms with van der Waals surface area (Å²) in [5, 5.41) is 8.68. The third-order valence-corrected chi connectivity index (χ3v) is 8.75. The van der Waals surface area contributed by atoms with E-state index in [9.17, 15) is 19.2 Å². The lowest BCUT2D eigenvalue weighted by molar-refractivity contribution is -0.127.